The van der Waals surface area contributed by atoms with E-state index in [0.29, 0.717) is 11.3 Å². The van der Waals surface area contributed by atoms with Gasteiger partial charge in [-0.25, -0.2) is 8.42 Å². The van der Waals surface area contributed by atoms with Crippen LogP contribution in [-0.2, 0) is 10.0 Å². The molecule has 0 heterocycles. The average molecular weight is 360 g/mol. The number of nitrogens with one attached hydrogen (secondary N) is 2. The molecule has 0 saturated heterocycles. The maximum atomic E-state index is 12.7. The van der Waals surface area contributed by atoms with Gasteiger partial charge in [0.15, 0.2) is 0 Å². The third-order valence-corrected chi connectivity index (χ3v) is 5.17. The van der Waals surface area contributed by atoms with Crippen LogP contribution in [0.5, 0.6) is 0 Å². The van der Waals surface area contributed by atoms with E-state index in [4.69, 9.17) is 0 Å². The molecule has 2 aromatic carbocycles. The fraction of sp³-hybridized carbons (Fsp3) is 0.316. The molecule has 0 atom stereocenters. The predicted molar refractivity (Wildman–Crippen MR) is 101 cm³/mol. The number of carbonyl (C=O) groups excluding carboxylic acids is 1. The van der Waals surface area contributed by atoms with Crippen molar-refractivity contribution in [2.45, 2.75) is 45.6 Å². The lowest BCUT2D eigenvalue weighted by Crippen LogP contribution is -2.30. The lowest BCUT2D eigenvalue weighted by atomic mass is 10.1. The van der Waals surface area contributed by atoms with Gasteiger partial charge < -0.3 is 5.32 Å². The number of rotatable bonds is 5. The fourth-order valence-corrected chi connectivity index (χ4v) is 3.64. The van der Waals surface area contributed by atoms with Gasteiger partial charge in [0.05, 0.1) is 10.6 Å². The minimum Gasteiger partial charge on any atom is -0.350 e. The highest BCUT2D eigenvalue weighted by Crippen LogP contribution is 2.22. The minimum absolute atomic E-state index is 0.0273. The summed E-state index contributed by atoms with van der Waals surface area (Å²) in [6, 6.07) is 10.0. The molecule has 25 heavy (non-hydrogen) atoms. The first-order chi connectivity index (χ1) is 11.6. The Morgan fingerprint density at radius 1 is 0.960 bits per heavy atom. The maximum absolute atomic E-state index is 12.7. The second-order valence-electron chi connectivity index (χ2n) is 6.53. The molecule has 0 bridgehead atoms. The van der Waals surface area contributed by atoms with Gasteiger partial charge in [-0.2, -0.15) is 0 Å². The molecule has 5 nitrogen and oxygen atoms in total. The van der Waals surface area contributed by atoms with E-state index in [2.05, 4.69) is 10.0 Å². The molecule has 2 aromatic rings. The Balaban J connectivity index is 2.38. The number of sulfonamides is 1. The van der Waals surface area contributed by atoms with Gasteiger partial charge >= 0.3 is 0 Å². The summed E-state index contributed by atoms with van der Waals surface area (Å²) in [7, 11) is -3.78. The molecular weight excluding hydrogens is 336 g/mol. The second kappa shape index (κ2) is 7.27. The molecule has 0 aliphatic heterocycles. The van der Waals surface area contributed by atoms with Crippen LogP contribution in [0.3, 0.4) is 0 Å². The van der Waals surface area contributed by atoms with Crippen molar-refractivity contribution in [1.29, 1.82) is 0 Å². The monoisotopic (exact) mass is 360 g/mol. The molecule has 0 saturated carbocycles. The van der Waals surface area contributed by atoms with E-state index < -0.39 is 10.0 Å². The highest BCUT2D eigenvalue weighted by molar-refractivity contribution is 7.92. The molecule has 0 radical (unpaired) electrons. The van der Waals surface area contributed by atoms with E-state index in [0.717, 1.165) is 16.7 Å². The predicted octanol–water partition coefficient (Wildman–Crippen LogP) is 3.55. The van der Waals surface area contributed by atoms with Gasteiger partial charge in [-0.15, -0.1) is 0 Å². The Bertz CT molecular complexity index is 903. The highest BCUT2D eigenvalue weighted by Gasteiger charge is 2.19. The first kappa shape index (κ1) is 19.0. The molecule has 134 valence electrons. The summed E-state index contributed by atoms with van der Waals surface area (Å²) in [6.45, 7) is 9.29. The number of benzene rings is 2. The smallest absolute Gasteiger partial charge is 0.261 e. The molecular formula is C19H24N2O3S. The quantitative estimate of drug-likeness (QED) is 0.856. The topological polar surface area (TPSA) is 75.3 Å². The van der Waals surface area contributed by atoms with Crippen molar-refractivity contribution in [2.24, 2.45) is 0 Å². The zero-order chi connectivity index (χ0) is 18.8. The summed E-state index contributed by atoms with van der Waals surface area (Å²) in [5.41, 5.74) is 3.51. The Hall–Kier alpha value is -2.34. The minimum atomic E-state index is -3.78. The van der Waals surface area contributed by atoms with Crippen LogP contribution in [0, 0.1) is 20.8 Å². The summed E-state index contributed by atoms with van der Waals surface area (Å²) < 4.78 is 28.0. The third kappa shape index (κ3) is 4.60. The lowest BCUT2D eigenvalue weighted by molar-refractivity contribution is 0.0942. The fourth-order valence-electron chi connectivity index (χ4n) is 2.48. The number of aryl methyl sites for hydroxylation is 3. The van der Waals surface area contributed by atoms with Gasteiger partial charge in [0.2, 0.25) is 0 Å². The van der Waals surface area contributed by atoms with Gasteiger partial charge in [-0.05, 0) is 63.9 Å². The van der Waals surface area contributed by atoms with Crippen LogP contribution in [0.4, 0.5) is 5.69 Å². The van der Waals surface area contributed by atoms with Crippen LogP contribution < -0.4 is 10.0 Å². The van der Waals surface area contributed by atoms with Gasteiger partial charge in [0.1, 0.15) is 0 Å². The summed E-state index contributed by atoms with van der Waals surface area (Å²) in [4.78, 5) is 12.3. The number of amides is 1. The Morgan fingerprint density at radius 2 is 1.64 bits per heavy atom. The zero-order valence-corrected chi connectivity index (χ0v) is 16.0. The van der Waals surface area contributed by atoms with Crippen LogP contribution >= 0.6 is 0 Å². The third-order valence-electron chi connectivity index (χ3n) is 3.81. The van der Waals surface area contributed by atoms with E-state index in [1.165, 1.54) is 12.1 Å². The van der Waals surface area contributed by atoms with E-state index in [1.54, 1.807) is 19.1 Å². The summed E-state index contributed by atoms with van der Waals surface area (Å²) in [5.74, 6) is -0.281. The van der Waals surface area contributed by atoms with Gasteiger partial charge in [-0.1, -0.05) is 23.8 Å². The lowest BCUT2D eigenvalue weighted by Gasteiger charge is -2.14. The average Bonchev–Trinajstić information content (AvgIpc) is 2.49. The molecule has 2 rings (SSSR count). The molecule has 0 unspecified atom stereocenters. The summed E-state index contributed by atoms with van der Waals surface area (Å²) in [6.07, 6.45) is 0. The largest absolute Gasteiger partial charge is 0.350 e. The number of anilines is 1. The van der Waals surface area contributed by atoms with Crippen molar-refractivity contribution >= 4 is 21.6 Å². The Kier molecular flexibility index (Phi) is 5.52. The molecule has 6 heteroatoms. The Labute approximate surface area is 149 Å². The van der Waals surface area contributed by atoms with Crippen LogP contribution in [0.2, 0.25) is 0 Å². The van der Waals surface area contributed by atoms with Crippen LogP contribution in [0.15, 0.2) is 41.3 Å². The normalized spacial score (nSPS) is 11.4. The summed E-state index contributed by atoms with van der Waals surface area (Å²) >= 11 is 0. The number of hydrogen-bond donors (Lipinski definition) is 2. The first-order valence-corrected chi connectivity index (χ1v) is 9.60. The number of hydrogen-bond acceptors (Lipinski definition) is 3. The number of carbonyl (C=O) groups is 1. The Morgan fingerprint density at radius 3 is 2.24 bits per heavy atom. The maximum Gasteiger partial charge on any atom is 0.261 e. The zero-order valence-electron chi connectivity index (χ0n) is 15.2. The van der Waals surface area contributed by atoms with Crippen LogP contribution in [0.25, 0.3) is 0 Å². The molecule has 0 aliphatic carbocycles. The van der Waals surface area contributed by atoms with Crippen LogP contribution in [0.1, 0.15) is 40.9 Å². The molecule has 1 amide bonds. The molecule has 0 spiro atoms. The van der Waals surface area contributed by atoms with Crippen LogP contribution in [-0.4, -0.2) is 20.4 Å². The van der Waals surface area contributed by atoms with Gasteiger partial charge in [-0.3, -0.25) is 9.52 Å². The SMILES string of the molecule is Cc1ccc(NS(=O)(=O)c2ccc(C)c(C(=O)NC(C)C)c2)c(C)c1. The standard InChI is InChI=1S/C19H24N2O3S/c1-12(2)20-19(22)17-11-16(8-7-14(17)4)25(23,24)21-18-9-6-13(3)10-15(18)5/h6-12,21H,1-5H3,(H,20,22). The van der Waals surface area contributed by atoms with Gasteiger partial charge in [0, 0.05) is 11.6 Å². The van der Waals surface area contributed by atoms with E-state index in [9.17, 15) is 13.2 Å². The van der Waals surface area contributed by atoms with E-state index >= 15 is 0 Å². The van der Waals surface area contributed by atoms with Crippen molar-refractivity contribution in [2.75, 3.05) is 4.72 Å². The molecule has 0 aromatic heterocycles. The van der Waals surface area contributed by atoms with Crippen molar-refractivity contribution < 1.29 is 13.2 Å². The van der Waals surface area contributed by atoms with Crippen molar-refractivity contribution in [3.8, 4) is 0 Å². The highest BCUT2D eigenvalue weighted by atomic mass is 32.2. The summed E-state index contributed by atoms with van der Waals surface area (Å²) in [5, 5.41) is 2.79. The molecule has 2 N–H and O–H groups in total. The molecule has 0 aliphatic rings. The second-order valence-corrected chi connectivity index (χ2v) is 8.21. The molecule has 0 fully saturated rings. The van der Waals surface area contributed by atoms with Crippen molar-refractivity contribution in [3.05, 3.63) is 58.7 Å². The van der Waals surface area contributed by atoms with Crippen molar-refractivity contribution in [1.82, 2.24) is 5.32 Å². The van der Waals surface area contributed by atoms with Crippen molar-refractivity contribution in [3.63, 3.8) is 0 Å². The van der Waals surface area contributed by atoms with Gasteiger partial charge in [0.25, 0.3) is 15.9 Å². The first-order valence-electron chi connectivity index (χ1n) is 8.12. The van der Waals surface area contributed by atoms with E-state index in [1.807, 2.05) is 39.8 Å². The van der Waals surface area contributed by atoms with E-state index in [-0.39, 0.29) is 16.8 Å².